The summed E-state index contributed by atoms with van der Waals surface area (Å²) in [7, 11) is 1.61. The molecule has 10 heteroatoms. The molecule has 2 aromatic heterocycles. The first kappa shape index (κ1) is 22.2. The summed E-state index contributed by atoms with van der Waals surface area (Å²) in [6, 6.07) is 14.7. The predicted octanol–water partition coefficient (Wildman–Crippen LogP) is 2.92. The molecule has 1 amide bonds. The van der Waals surface area contributed by atoms with E-state index in [0.717, 1.165) is 11.3 Å². The third-order valence-corrected chi connectivity index (χ3v) is 6.71. The van der Waals surface area contributed by atoms with E-state index in [0.29, 0.717) is 53.9 Å². The lowest BCUT2D eigenvalue weighted by atomic mass is 10.1. The van der Waals surface area contributed by atoms with Crippen molar-refractivity contribution in [1.82, 2.24) is 24.4 Å². The molecule has 0 radical (unpaired) electrons. The van der Waals surface area contributed by atoms with E-state index in [4.69, 9.17) is 4.74 Å². The van der Waals surface area contributed by atoms with Gasteiger partial charge in [-0.1, -0.05) is 17.4 Å². The number of nitrogens with zero attached hydrogens (tertiary/aromatic N) is 5. The highest BCUT2D eigenvalue weighted by Crippen LogP contribution is 2.26. The molecule has 2 aromatic carbocycles. The van der Waals surface area contributed by atoms with Crippen LogP contribution in [0.3, 0.4) is 0 Å². The number of hydrogen-bond acceptors (Lipinski definition) is 7. The molecule has 1 saturated heterocycles. The maximum atomic E-state index is 13.4. The summed E-state index contributed by atoms with van der Waals surface area (Å²) < 4.78 is 20.0. The molecule has 8 nitrogen and oxygen atoms in total. The van der Waals surface area contributed by atoms with Gasteiger partial charge in [0.25, 0.3) is 11.5 Å². The Morgan fingerprint density at radius 3 is 2.56 bits per heavy atom. The Morgan fingerprint density at radius 2 is 1.85 bits per heavy atom. The number of aromatic nitrogens is 3. The van der Waals surface area contributed by atoms with Crippen molar-refractivity contribution in [2.45, 2.75) is 6.54 Å². The second-order valence-corrected chi connectivity index (χ2v) is 8.95. The molecular weight excluding hydrogens is 457 g/mol. The zero-order valence-electron chi connectivity index (χ0n) is 18.5. The van der Waals surface area contributed by atoms with E-state index in [-0.39, 0.29) is 11.5 Å². The van der Waals surface area contributed by atoms with E-state index in [2.05, 4.69) is 15.0 Å². The lowest BCUT2D eigenvalue weighted by Gasteiger charge is -2.34. The summed E-state index contributed by atoms with van der Waals surface area (Å²) in [5.74, 6) is 0.156. The molecule has 0 saturated carbocycles. The van der Waals surface area contributed by atoms with E-state index < -0.39 is 5.82 Å². The Hall–Kier alpha value is -3.63. The van der Waals surface area contributed by atoms with Gasteiger partial charge in [0.15, 0.2) is 0 Å². The van der Waals surface area contributed by atoms with Crippen LogP contribution in [0.4, 0.5) is 4.39 Å². The number of fused-ring (bicyclic) bond motifs is 1. The van der Waals surface area contributed by atoms with Crippen LogP contribution in [0.1, 0.15) is 16.1 Å². The minimum absolute atomic E-state index is 0.173. The van der Waals surface area contributed by atoms with Crippen LogP contribution in [-0.4, -0.2) is 63.6 Å². The summed E-state index contributed by atoms with van der Waals surface area (Å²) in [5.41, 5.74) is 1.68. The van der Waals surface area contributed by atoms with Gasteiger partial charge >= 0.3 is 0 Å². The number of rotatable bonds is 5. The van der Waals surface area contributed by atoms with Gasteiger partial charge in [-0.2, -0.15) is 9.61 Å². The Bertz CT molecular complexity index is 1390. The first-order valence-corrected chi connectivity index (χ1v) is 11.6. The minimum Gasteiger partial charge on any atom is -0.497 e. The van der Waals surface area contributed by atoms with Crippen LogP contribution in [-0.2, 0) is 6.54 Å². The molecule has 5 rings (SSSR count). The van der Waals surface area contributed by atoms with Gasteiger partial charge < -0.3 is 9.64 Å². The van der Waals surface area contributed by atoms with Gasteiger partial charge in [0, 0.05) is 49.9 Å². The zero-order valence-corrected chi connectivity index (χ0v) is 19.3. The average Bonchev–Trinajstić information content (AvgIpc) is 3.29. The van der Waals surface area contributed by atoms with Crippen molar-refractivity contribution < 1.29 is 13.9 Å². The highest BCUT2D eigenvalue weighted by atomic mass is 32.1. The average molecular weight is 480 g/mol. The van der Waals surface area contributed by atoms with Crippen molar-refractivity contribution in [2.24, 2.45) is 0 Å². The van der Waals surface area contributed by atoms with E-state index in [1.807, 2.05) is 24.3 Å². The number of hydrogen-bond donors (Lipinski definition) is 0. The van der Waals surface area contributed by atoms with Crippen LogP contribution in [0.15, 0.2) is 59.4 Å². The number of methoxy groups -OCH3 is 1. The van der Waals surface area contributed by atoms with Crippen molar-refractivity contribution in [3.8, 4) is 16.3 Å². The number of carbonyl (C=O) groups excluding carboxylic acids is 1. The molecule has 1 fully saturated rings. The van der Waals surface area contributed by atoms with Crippen molar-refractivity contribution in [3.63, 3.8) is 0 Å². The quantitative estimate of drug-likeness (QED) is 0.438. The number of ether oxygens (including phenoxy) is 1. The Balaban J connectivity index is 1.27. The molecule has 1 aliphatic rings. The van der Waals surface area contributed by atoms with E-state index >= 15 is 0 Å². The second-order valence-electron chi connectivity index (χ2n) is 7.99. The molecule has 4 aromatic rings. The van der Waals surface area contributed by atoms with Crippen LogP contribution in [0.2, 0.25) is 0 Å². The van der Waals surface area contributed by atoms with Gasteiger partial charge in [-0.3, -0.25) is 14.5 Å². The third-order valence-electron chi connectivity index (χ3n) is 5.75. The number of halogens is 1. The Kier molecular flexibility index (Phi) is 6.08. The highest BCUT2D eigenvalue weighted by molar-refractivity contribution is 7.19. The van der Waals surface area contributed by atoms with Crippen molar-refractivity contribution in [2.75, 3.05) is 33.3 Å². The minimum atomic E-state index is -0.421. The smallest absolute Gasteiger partial charge is 0.275 e. The van der Waals surface area contributed by atoms with E-state index in [9.17, 15) is 14.0 Å². The first-order chi connectivity index (χ1) is 16.5. The number of carbonyl (C=O) groups is 1. The molecular formula is C24H22FN5O3S. The van der Waals surface area contributed by atoms with Gasteiger partial charge in [0.1, 0.15) is 16.6 Å². The normalized spacial score (nSPS) is 14.5. The standard InChI is InChI=1S/C24H22FN5O3S/c1-33-20-7-5-16(6-8-20)22-27-30-21(31)14-19(26-24(30)34-22)15-28-9-11-29(12-10-28)23(32)17-3-2-4-18(25)13-17/h2-8,13-14H,9-12,15H2,1H3. The topological polar surface area (TPSA) is 80.0 Å². The van der Waals surface area contributed by atoms with E-state index in [1.165, 1.54) is 34.1 Å². The van der Waals surface area contributed by atoms with Crippen LogP contribution < -0.4 is 10.3 Å². The van der Waals surface area contributed by atoms with Crippen molar-refractivity contribution >= 4 is 22.2 Å². The first-order valence-electron chi connectivity index (χ1n) is 10.8. The molecule has 174 valence electrons. The van der Waals surface area contributed by atoms with Crippen molar-refractivity contribution in [1.29, 1.82) is 0 Å². The number of benzene rings is 2. The number of piperazine rings is 1. The highest BCUT2D eigenvalue weighted by Gasteiger charge is 2.23. The Labute approximate surface area is 198 Å². The fraction of sp³-hybridized carbons (Fsp3) is 0.250. The summed E-state index contributed by atoms with van der Waals surface area (Å²) in [4.78, 5) is 34.4. The summed E-state index contributed by atoms with van der Waals surface area (Å²) in [6.07, 6.45) is 0. The molecule has 3 heterocycles. The van der Waals surface area contributed by atoms with Gasteiger partial charge in [-0.05, 0) is 42.5 Å². The zero-order chi connectivity index (χ0) is 23.7. The molecule has 0 atom stereocenters. The maximum absolute atomic E-state index is 13.4. The van der Waals surface area contributed by atoms with Crippen LogP contribution in [0, 0.1) is 5.82 Å². The molecule has 0 spiro atoms. The van der Waals surface area contributed by atoms with Gasteiger partial charge in [-0.15, -0.1) is 0 Å². The largest absolute Gasteiger partial charge is 0.497 e. The summed E-state index contributed by atoms with van der Waals surface area (Å²) >= 11 is 1.36. The maximum Gasteiger partial charge on any atom is 0.275 e. The molecule has 1 aliphatic heterocycles. The molecule has 0 aliphatic carbocycles. The predicted molar refractivity (Wildman–Crippen MR) is 127 cm³/mol. The van der Waals surface area contributed by atoms with Crippen LogP contribution >= 0.6 is 11.3 Å². The Morgan fingerprint density at radius 1 is 1.09 bits per heavy atom. The lowest BCUT2D eigenvalue weighted by Crippen LogP contribution is -2.48. The molecule has 34 heavy (non-hydrogen) atoms. The fourth-order valence-electron chi connectivity index (χ4n) is 3.93. The summed E-state index contributed by atoms with van der Waals surface area (Å²) in [6.45, 7) is 2.84. The van der Waals surface area contributed by atoms with Gasteiger partial charge in [0.05, 0.1) is 12.8 Å². The van der Waals surface area contributed by atoms with Crippen LogP contribution in [0.5, 0.6) is 5.75 Å². The lowest BCUT2D eigenvalue weighted by molar-refractivity contribution is 0.0626. The molecule has 0 unspecified atom stereocenters. The fourth-order valence-corrected chi connectivity index (χ4v) is 4.86. The van der Waals surface area contributed by atoms with Gasteiger partial charge in [0.2, 0.25) is 4.96 Å². The summed E-state index contributed by atoms with van der Waals surface area (Å²) in [5, 5.41) is 5.13. The monoisotopic (exact) mass is 479 g/mol. The van der Waals surface area contributed by atoms with E-state index in [1.54, 1.807) is 24.1 Å². The second kappa shape index (κ2) is 9.32. The SMILES string of the molecule is COc1ccc(-c2nn3c(=O)cc(CN4CCN(C(=O)c5cccc(F)c5)CC4)nc3s2)cc1. The van der Waals surface area contributed by atoms with Gasteiger partial charge in [-0.25, -0.2) is 9.37 Å². The molecule has 0 bridgehead atoms. The van der Waals surface area contributed by atoms with Crippen LogP contribution in [0.25, 0.3) is 15.5 Å². The third kappa shape index (κ3) is 4.55. The number of amides is 1. The molecule has 0 N–H and O–H groups in total. The van der Waals surface area contributed by atoms with Crippen molar-refractivity contribution in [3.05, 3.63) is 82.0 Å².